The van der Waals surface area contributed by atoms with E-state index in [-0.39, 0.29) is 23.3 Å². The molecule has 27 heavy (non-hydrogen) atoms. The largest absolute Gasteiger partial charge is 0.513 e. The van der Waals surface area contributed by atoms with Gasteiger partial charge in [-0.05, 0) is 61.7 Å². The third-order valence-electron chi connectivity index (χ3n) is 4.48. The molecule has 0 bridgehead atoms. The number of rotatable bonds is 3. The van der Waals surface area contributed by atoms with Gasteiger partial charge in [-0.15, -0.1) is 0 Å². The Morgan fingerprint density at radius 3 is 2.56 bits per heavy atom. The number of halogens is 1. The summed E-state index contributed by atoms with van der Waals surface area (Å²) in [6.45, 7) is 7.49. The lowest BCUT2D eigenvalue weighted by Crippen LogP contribution is -2.47. The van der Waals surface area contributed by atoms with Crippen LogP contribution < -0.4 is 15.0 Å². The fourth-order valence-electron chi connectivity index (χ4n) is 3.28. The summed E-state index contributed by atoms with van der Waals surface area (Å²) in [5, 5.41) is 12.5. The zero-order chi connectivity index (χ0) is 19.8. The summed E-state index contributed by atoms with van der Waals surface area (Å²) in [4.78, 5) is 25.3. The Morgan fingerprint density at radius 2 is 1.96 bits per heavy atom. The Labute approximate surface area is 165 Å². The number of amides is 1. The molecule has 0 aliphatic carbocycles. The SMILES string of the molecule is CC(C)(C)NC(=O)C1CCN(c2ccc3oc(OC(=O)O)cc3c2Br)CC1. The van der Waals surface area contributed by atoms with Crippen LogP contribution in [0.3, 0.4) is 0 Å². The Kier molecular flexibility index (Phi) is 5.37. The molecule has 0 radical (unpaired) electrons. The van der Waals surface area contributed by atoms with Crippen molar-refractivity contribution >= 4 is 44.6 Å². The molecule has 8 heteroatoms. The van der Waals surface area contributed by atoms with Crippen molar-refractivity contribution in [3.63, 3.8) is 0 Å². The van der Waals surface area contributed by atoms with Gasteiger partial charge in [0.1, 0.15) is 5.58 Å². The molecule has 2 aromatic rings. The number of nitrogens with one attached hydrogen (secondary N) is 1. The quantitative estimate of drug-likeness (QED) is 0.690. The normalized spacial score (nSPS) is 15.8. The molecule has 0 saturated carbocycles. The van der Waals surface area contributed by atoms with Crippen LogP contribution in [0.25, 0.3) is 11.0 Å². The molecule has 146 valence electrons. The van der Waals surface area contributed by atoms with Crippen molar-refractivity contribution in [3.05, 3.63) is 22.7 Å². The maximum absolute atomic E-state index is 12.4. The van der Waals surface area contributed by atoms with E-state index < -0.39 is 6.16 Å². The third kappa shape index (κ3) is 4.55. The van der Waals surface area contributed by atoms with Gasteiger partial charge in [-0.2, -0.15) is 0 Å². The van der Waals surface area contributed by atoms with Gasteiger partial charge in [-0.3, -0.25) is 4.79 Å². The molecule has 0 atom stereocenters. The second-order valence-corrected chi connectivity index (χ2v) is 8.54. The van der Waals surface area contributed by atoms with E-state index >= 15 is 0 Å². The molecule has 1 aliphatic rings. The predicted octanol–water partition coefficient (Wildman–Crippen LogP) is 4.38. The molecule has 7 nitrogen and oxygen atoms in total. The van der Waals surface area contributed by atoms with E-state index in [4.69, 9.17) is 9.52 Å². The molecule has 1 aromatic carbocycles. The van der Waals surface area contributed by atoms with Crippen LogP contribution >= 0.6 is 15.9 Å². The number of carbonyl (C=O) groups is 2. The van der Waals surface area contributed by atoms with E-state index in [2.05, 4.69) is 30.9 Å². The van der Waals surface area contributed by atoms with E-state index in [9.17, 15) is 9.59 Å². The average molecular weight is 439 g/mol. The number of carboxylic acid groups (broad SMARTS) is 1. The van der Waals surface area contributed by atoms with E-state index in [1.165, 1.54) is 0 Å². The lowest BCUT2D eigenvalue weighted by molar-refractivity contribution is -0.127. The van der Waals surface area contributed by atoms with Crippen LogP contribution in [0.2, 0.25) is 0 Å². The number of nitrogens with zero attached hydrogens (tertiary/aromatic N) is 1. The van der Waals surface area contributed by atoms with Crippen molar-refractivity contribution in [1.82, 2.24) is 5.32 Å². The molecule has 1 amide bonds. The number of benzene rings is 1. The molecular weight excluding hydrogens is 416 g/mol. The highest BCUT2D eigenvalue weighted by Crippen LogP contribution is 2.38. The van der Waals surface area contributed by atoms with Crippen molar-refractivity contribution in [3.8, 4) is 5.95 Å². The molecule has 1 saturated heterocycles. The molecule has 1 fully saturated rings. The lowest BCUT2D eigenvalue weighted by Gasteiger charge is -2.35. The van der Waals surface area contributed by atoms with Gasteiger partial charge in [0.15, 0.2) is 0 Å². The number of carbonyl (C=O) groups excluding carboxylic acids is 1. The van der Waals surface area contributed by atoms with Gasteiger partial charge in [0.25, 0.3) is 5.95 Å². The molecular formula is C19H23BrN2O5. The summed E-state index contributed by atoms with van der Waals surface area (Å²) < 4.78 is 10.8. The maximum atomic E-state index is 12.4. The second-order valence-electron chi connectivity index (χ2n) is 7.74. The Bertz CT molecular complexity index is 863. The Morgan fingerprint density at radius 1 is 1.30 bits per heavy atom. The van der Waals surface area contributed by atoms with Crippen molar-refractivity contribution in [1.29, 1.82) is 0 Å². The van der Waals surface area contributed by atoms with E-state index in [0.29, 0.717) is 5.58 Å². The first-order valence-electron chi connectivity index (χ1n) is 8.84. The van der Waals surface area contributed by atoms with Crippen molar-refractivity contribution in [2.45, 2.75) is 39.2 Å². The zero-order valence-electron chi connectivity index (χ0n) is 15.5. The number of hydrogen-bond acceptors (Lipinski definition) is 5. The van der Waals surface area contributed by atoms with Gasteiger partial charge in [-0.25, -0.2) is 4.79 Å². The van der Waals surface area contributed by atoms with Crippen LogP contribution in [0.15, 0.2) is 27.1 Å². The minimum atomic E-state index is -1.42. The van der Waals surface area contributed by atoms with E-state index in [1.807, 2.05) is 26.8 Å². The fraction of sp³-hybridized carbons (Fsp3) is 0.474. The number of ether oxygens (including phenoxy) is 1. The first kappa shape index (κ1) is 19.5. The summed E-state index contributed by atoms with van der Waals surface area (Å²) in [7, 11) is 0. The average Bonchev–Trinajstić information content (AvgIpc) is 2.96. The first-order chi connectivity index (χ1) is 12.6. The number of hydrogen-bond donors (Lipinski definition) is 2. The molecule has 0 spiro atoms. The first-order valence-corrected chi connectivity index (χ1v) is 9.63. The lowest BCUT2D eigenvalue weighted by atomic mass is 9.94. The summed E-state index contributed by atoms with van der Waals surface area (Å²) in [6.07, 6.45) is 0.150. The molecule has 2 heterocycles. The van der Waals surface area contributed by atoms with Crippen LogP contribution in [0.5, 0.6) is 5.95 Å². The van der Waals surface area contributed by atoms with Gasteiger partial charge in [0.05, 0.1) is 10.2 Å². The van der Waals surface area contributed by atoms with Gasteiger partial charge >= 0.3 is 6.16 Å². The second kappa shape index (κ2) is 7.42. The van der Waals surface area contributed by atoms with Crippen LogP contribution in [0, 0.1) is 5.92 Å². The number of anilines is 1. The van der Waals surface area contributed by atoms with Crippen LogP contribution in [-0.4, -0.2) is 35.8 Å². The predicted molar refractivity (Wildman–Crippen MR) is 105 cm³/mol. The standard InChI is InChI=1S/C19H23BrN2O5/c1-19(2,3)21-17(23)11-6-8-22(9-7-11)13-4-5-14-12(16(13)20)10-15(26-14)27-18(24)25/h4-5,10-11H,6-9H2,1-3H3,(H,21,23)(H,24,25). The summed E-state index contributed by atoms with van der Waals surface area (Å²) >= 11 is 3.60. The highest BCUT2D eigenvalue weighted by molar-refractivity contribution is 9.10. The van der Waals surface area contributed by atoms with Gasteiger partial charge < -0.3 is 24.5 Å². The van der Waals surface area contributed by atoms with Crippen molar-refractivity contribution < 1.29 is 23.8 Å². The number of piperidine rings is 1. The van der Waals surface area contributed by atoms with Crippen LogP contribution in [-0.2, 0) is 4.79 Å². The third-order valence-corrected chi connectivity index (χ3v) is 5.32. The molecule has 1 aliphatic heterocycles. The van der Waals surface area contributed by atoms with Crippen molar-refractivity contribution in [2.24, 2.45) is 5.92 Å². The monoisotopic (exact) mass is 438 g/mol. The van der Waals surface area contributed by atoms with Gasteiger partial charge in [0.2, 0.25) is 5.91 Å². The molecule has 0 unspecified atom stereocenters. The summed E-state index contributed by atoms with van der Waals surface area (Å²) in [5.41, 5.74) is 1.31. The number of fused-ring (bicyclic) bond motifs is 1. The minimum absolute atomic E-state index is 0.0208. The summed E-state index contributed by atoms with van der Waals surface area (Å²) in [6, 6.07) is 5.28. The van der Waals surface area contributed by atoms with Crippen LogP contribution in [0.4, 0.5) is 10.5 Å². The topological polar surface area (TPSA) is 92.0 Å². The zero-order valence-corrected chi connectivity index (χ0v) is 17.1. The minimum Gasteiger partial charge on any atom is -0.449 e. The van der Waals surface area contributed by atoms with Gasteiger partial charge in [0, 0.05) is 36.0 Å². The molecule has 2 N–H and O–H groups in total. The molecule has 1 aromatic heterocycles. The van der Waals surface area contributed by atoms with Crippen molar-refractivity contribution in [2.75, 3.05) is 18.0 Å². The van der Waals surface area contributed by atoms with Gasteiger partial charge in [-0.1, -0.05) is 0 Å². The fourth-order valence-corrected chi connectivity index (χ4v) is 3.97. The highest BCUT2D eigenvalue weighted by atomic mass is 79.9. The van der Waals surface area contributed by atoms with E-state index in [1.54, 1.807) is 12.1 Å². The Hall–Kier alpha value is -2.22. The smallest absolute Gasteiger partial charge is 0.449 e. The highest BCUT2D eigenvalue weighted by Gasteiger charge is 2.28. The maximum Gasteiger partial charge on any atom is 0.513 e. The Balaban J connectivity index is 1.72. The number of furan rings is 1. The summed E-state index contributed by atoms with van der Waals surface area (Å²) in [5.74, 6) is 0.0716. The van der Waals surface area contributed by atoms with E-state index in [0.717, 1.165) is 41.5 Å². The van der Waals surface area contributed by atoms with Crippen LogP contribution in [0.1, 0.15) is 33.6 Å². The molecule has 3 rings (SSSR count).